The number of carbonyl (C=O) groups excluding carboxylic acids is 1. The fourth-order valence-corrected chi connectivity index (χ4v) is 4.86. The van der Waals surface area contributed by atoms with Gasteiger partial charge in [0.05, 0.1) is 25.9 Å². The van der Waals surface area contributed by atoms with Crippen molar-refractivity contribution in [3.05, 3.63) is 77.9 Å². The van der Waals surface area contributed by atoms with Crippen LogP contribution in [-0.4, -0.2) is 69.7 Å². The van der Waals surface area contributed by atoms with E-state index < -0.39 is 0 Å². The molecule has 0 aromatic heterocycles. The molecule has 36 heavy (non-hydrogen) atoms. The summed E-state index contributed by atoms with van der Waals surface area (Å²) < 4.78 is 22.8. The van der Waals surface area contributed by atoms with Crippen molar-refractivity contribution in [2.45, 2.75) is 25.0 Å². The summed E-state index contributed by atoms with van der Waals surface area (Å²) in [5.74, 6) is 1.10. The molecule has 0 radical (unpaired) electrons. The molecule has 2 heterocycles. The van der Waals surface area contributed by atoms with Gasteiger partial charge in [-0.2, -0.15) is 0 Å². The van der Waals surface area contributed by atoms with E-state index >= 15 is 0 Å². The Kier molecular flexibility index (Phi) is 8.33. The summed E-state index contributed by atoms with van der Waals surface area (Å²) >= 11 is 0. The quantitative estimate of drug-likeness (QED) is 0.474. The maximum Gasteiger partial charge on any atom is 0.410 e. The van der Waals surface area contributed by atoms with E-state index in [0.29, 0.717) is 45.4 Å². The van der Waals surface area contributed by atoms with Crippen LogP contribution < -0.4 is 10.1 Å². The van der Waals surface area contributed by atoms with Crippen LogP contribution in [0.1, 0.15) is 23.5 Å². The van der Waals surface area contributed by atoms with Gasteiger partial charge in [0.1, 0.15) is 19.0 Å². The van der Waals surface area contributed by atoms with Crippen LogP contribution in [0.15, 0.2) is 66.7 Å². The number of hydrogen-bond donors (Lipinski definition) is 1. The highest BCUT2D eigenvalue weighted by Crippen LogP contribution is 2.30. The number of piperidine rings is 1. The number of amides is 1. The Morgan fingerprint density at radius 2 is 1.78 bits per heavy atom. The molecule has 190 valence electrons. The van der Waals surface area contributed by atoms with Crippen molar-refractivity contribution in [1.82, 2.24) is 10.2 Å². The van der Waals surface area contributed by atoms with Gasteiger partial charge in [-0.05, 0) is 53.1 Å². The maximum absolute atomic E-state index is 12.0. The maximum atomic E-state index is 12.0. The number of benzene rings is 3. The van der Waals surface area contributed by atoms with E-state index in [1.165, 1.54) is 21.9 Å². The highest BCUT2D eigenvalue weighted by atomic mass is 16.6. The topological polar surface area (TPSA) is 69.3 Å². The van der Waals surface area contributed by atoms with Gasteiger partial charge in [0, 0.05) is 25.6 Å². The van der Waals surface area contributed by atoms with Gasteiger partial charge in [-0.3, -0.25) is 0 Å². The van der Waals surface area contributed by atoms with Crippen molar-refractivity contribution < 1.29 is 23.7 Å². The molecule has 1 amide bonds. The zero-order valence-electron chi connectivity index (χ0n) is 20.6. The minimum absolute atomic E-state index is 0.108. The Morgan fingerprint density at radius 3 is 2.61 bits per heavy atom. The normalized spacial score (nSPS) is 20.3. The summed E-state index contributed by atoms with van der Waals surface area (Å²) in [6.07, 6.45) is 0.828. The van der Waals surface area contributed by atoms with E-state index in [9.17, 15) is 4.79 Å². The van der Waals surface area contributed by atoms with Crippen LogP contribution in [0.25, 0.3) is 10.8 Å². The second-order valence-electron chi connectivity index (χ2n) is 9.26. The van der Waals surface area contributed by atoms with Gasteiger partial charge in [-0.25, -0.2) is 4.79 Å². The highest BCUT2D eigenvalue weighted by Gasteiger charge is 2.27. The minimum Gasteiger partial charge on any atom is -0.490 e. The first-order valence-electron chi connectivity index (χ1n) is 12.8. The van der Waals surface area contributed by atoms with Gasteiger partial charge in [0.2, 0.25) is 0 Å². The summed E-state index contributed by atoms with van der Waals surface area (Å²) in [6.45, 7) is 5.22. The highest BCUT2D eigenvalue weighted by molar-refractivity contribution is 5.82. The lowest BCUT2D eigenvalue weighted by atomic mass is 9.87. The van der Waals surface area contributed by atoms with Gasteiger partial charge in [0.15, 0.2) is 0 Å². The Bertz CT molecular complexity index is 1130. The van der Waals surface area contributed by atoms with Gasteiger partial charge in [-0.1, -0.05) is 48.5 Å². The van der Waals surface area contributed by atoms with Crippen LogP contribution >= 0.6 is 0 Å². The number of fused-ring (bicyclic) bond motifs is 1. The van der Waals surface area contributed by atoms with Gasteiger partial charge < -0.3 is 29.2 Å². The Labute approximate surface area is 212 Å². The van der Waals surface area contributed by atoms with E-state index in [2.05, 4.69) is 59.9 Å². The van der Waals surface area contributed by atoms with Crippen molar-refractivity contribution in [2.75, 3.05) is 52.6 Å². The molecular formula is C29H34N2O5. The summed E-state index contributed by atoms with van der Waals surface area (Å²) in [6, 6.07) is 23.1. The first-order valence-corrected chi connectivity index (χ1v) is 12.8. The summed E-state index contributed by atoms with van der Waals surface area (Å²) in [7, 11) is 0. The van der Waals surface area contributed by atoms with Crippen LogP contribution in [0.4, 0.5) is 4.79 Å². The van der Waals surface area contributed by atoms with Crippen LogP contribution in [0.3, 0.4) is 0 Å². The number of nitrogens with one attached hydrogen (secondary N) is 1. The van der Waals surface area contributed by atoms with Crippen LogP contribution in [0.2, 0.25) is 0 Å². The molecule has 0 saturated carbocycles. The zero-order chi connectivity index (χ0) is 24.6. The second-order valence-corrected chi connectivity index (χ2v) is 9.26. The predicted octanol–water partition coefficient (Wildman–Crippen LogP) is 4.35. The van der Waals surface area contributed by atoms with E-state index in [0.717, 1.165) is 25.3 Å². The van der Waals surface area contributed by atoms with Crippen LogP contribution in [-0.2, 0) is 20.8 Å². The Balaban J connectivity index is 1.11. The van der Waals surface area contributed by atoms with Crippen molar-refractivity contribution in [1.29, 1.82) is 0 Å². The minimum atomic E-state index is -0.308. The SMILES string of the molecule is O=C(OCCOc1ccc(C2CCNCC2OCc2ccc3ccccc3c2)cc1)N1CCOCC1. The fourth-order valence-electron chi connectivity index (χ4n) is 4.86. The molecule has 2 atom stereocenters. The Morgan fingerprint density at radius 1 is 0.972 bits per heavy atom. The molecule has 2 saturated heterocycles. The molecule has 5 rings (SSSR count). The first kappa shape index (κ1) is 24.6. The van der Waals surface area contributed by atoms with E-state index in [-0.39, 0.29) is 18.8 Å². The monoisotopic (exact) mass is 490 g/mol. The third-order valence-corrected chi connectivity index (χ3v) is 6.86. The molecule has 3 aromatic rings. The molecule has 3 aromatic carbocycles. The number of morpholine rings is 1. The second kappa shape index (κ2) is 12.2. The molecule has 7 heteroatoms. The molecule has 7 nitrogen and oxygen atoms in total. The summed E-state index contributed by atoms with van der Waals surface area (Å²) in [5.41, 5.74) is 2.45. The number of hydrogen-bond acceptors (Lipinski definition) is 6. The van der Waals surface area contributed by atoms with E-state index in [1.807, 2.05) is 12.1 Å². The van der Waals surface area contributed by atoms with Crippen molar-refractivity contribution in [3.63, 3.8) is 0 Å². The van der Waals surface area contributed by atoms with Crippen molar-refractivity contribution >= 4 is 16.9 Å². The number of carbonyl (C=O) groups is 1. The smallest absolute Gasteiger partial charge is 0.410 e. The number of ether oxygens (including phenoxy) is 4. The van der Waals surface area contributed by atoms with Crippen LogP contribution in [0, 0.1) is 0 Å². The number of nitrogens with zero attached hydrogens (tertiary/aromatic N) is 1. The molecule has 0 bridgehead atoms. The van der Waals surface area contributed by atoms with Gasteiger partial charge in [0.25, 0.3) is 0 Å². The average Bonchev–Trinajstić information content (AvgIpc) is 2.95. The standard InChI is InChI=1S/C29H34N2O5/c32-29(31-13-15-33-16-14-31)35-18-17-34-26-9-7-24(8-10-26)27-11-12-30-20-28(27)36-21-22-5-6-23-3-1-2-4-25(23)19-22/h1-10,19,27-28,30H,11-18,20-21H2. The fraction of sp³-hybridized carbons (Fsp3) is 0.414. The van der Waals surface area contributed by atoms with Gasteiger partial charge in [-0.15, -0.1) is 0 Å². The summed E-state index contributed by atoms with van der Waals surface area (Å²) in [5, 5.41) is 5.96. The molecule has 2 unspecified atom stereocenters. The molecule has 0 aliphatic carbocycles. The van der Waals surface area contributed by atoms with E-state index in [4.69, 9.17) is 18.9 Å². The lowest BCUT2D eigenvalue weighted by Crippen LogP contribution is -2.41. The zero-order valence-corrected chi connectivity index (χ0v) is 20.6. The molecule has 0 spiro atoms. The summed E-state index contributed by atoms with van der Waals surface area (Å²) in [4.78, 5) is 13.7. The molecule has 2 aliphatic rings. The molecule has 1 N–H and O–H groups in total. The van der Waals surface area contributed by atoms with E-state index in [1.54, 1.807) is 4.90 Å². The third-order valence-electron chi connectivity index (χ3n) is 6.86. The number of rotatable bonds is 8. The third kappa shape index (κ3) is 6.35. The van der Waals surface area contributed by atoms with Crippen molar-refractivity contribution in [3.8, 4) is 5.75 Å². The molecule has 2 fully saturated rings. The van der Waals surface area contributed by atoms with Crippen LogP contribution in [0.5, 0.6) is 5.75 Å². The van der Waals surface area contributed by atoms with Gasteiger partial charge >= 0.3 is 6.09 Å². The Hall–Kier alpha value is -3.13. The molecule has 2 aliphatic heterocycles. The first-order chi connectivity index (χ1) is 17.8. The van der Waals surface area contributed by atoms with Crippen molar-refractivity contribution in [2.24, 2.45) is 0 Å². The largest absolute Gasteiger partial charge is 0.490 e. The lowest BCUT2D eigenvalue weighted by molar-refractivity contribution is 0.0106. The molecular weight excluding hydrogens is 456 g/mol. The predicted molar refractivity (Wildman–Crippen MR) is 138 cm³/mol. The lowest BCUT2D eigenvalue weighted by Gasteiger charge is -2.32. The average molecular weight is 491 g/mol.